The standard InChI is InChI=1S/C26H37N3O5S/c1-3-4-6-13-24(22(2)26(30)27-34-25-14-9-10-21-33-25)35(31,32)29-19-17-28(18-20-29)16-15-23-11-7-5-8-12-23/h3-8,11-13,22,25H,1,9-10,14-21H2,2H3,(H,27,30)/b6-4-,24-13+. The van der Waals surface area contributed by atoms with E-state index in [1.807, 2.05) is 18.2 Å². The van der Waals surface area contributed by atoms with Gasteiger partial charge in [0, 0.05) is 45.8 Å². The molecule has 3 rings (SSSR count). The molecule has 1 amide bonds. The molecule has 2 atom stereocenters. The third-order valence-corrected chi connectivity index (χ3v) is 8.42. The number of nitrogens with one attached hydrogen (secondary N) is 1. The molecule has 0 saturated carbocycles. The maximum absolute atomic E-state index is 13.6. The molecule has 2 saturated heterocycles. The molecule has 8 nitrogen and oxygen atoms in total. The first kappa shape index (κ1) is 27.3. The molecule has 0 aromatic heterocycles. The second kappa shape index (κ2) is 13.7. The minimum Gasteiger partial charge on any atom is -0.350 e. The summed E-state index contributed by atoms with van der Waals surface area (Å²) in [6, 6.07) is 10.3. The van der Waals surface area contributed by atoms with Crippen LogP contribution in [0.4, 0.5) is 0 Å². The predicted octanol–water partition coefficient (Wildman–Crippen LogP) is 3.01. The Morgan fingerprint density at radius 2 is 1.94 bits per heavy atom. The number of piperazine rings is 1. The lowest BCUT2D eigenvalue weighted by molar-refractivity contribution is -0.201. The fraction of sp³-hybridized carbons (Fsp3) is 0.500. The van der Waals surface area contributed by atoms with Gasteiger partial charge in [0.2, 0.25) is 10.0 Å². The summed E-state index contributed by atoms with van der Waals surface area (Å²) in [7, 11) is -3.85. The number of hydroxylamine groups is 1. The van der Waals surface area contributed by atoms with E-state index in [9.17, 15) is 13.2 Å². The highest BCUT2D eigenvalue weighted by Gasteiger charge is 2.35. The van der Waals surface area contributed by atoms with Crippen LogP contribution in [-0.2, 0) is 30.8 Å². The van der Waals surface area contributed by atoms with Gasteiger partial charge in [-0.05, 0) is 37.8 Å². The average molecular weight is 504 g/mol. The van der Waals surface area contributed by atoms with Gasteiger partial charge in [-0.2, -0.15) is 4.31 Å². The van der Waals surface area contributed by atoms with Gasteiger partial charge < -0.3 is 9.64 Å². The van der Waals surface area contributed by atoms with Gasteiger partial charge in [0.15, 0.2) is 6.29 Å². The highest BCUT2D eigenvalue weighted by atomic mass is 32.2. The molecule has 2 aliphatic rings. The van der Waals surface area contributed by atoms with Gasteiger partial charge in [0.25, 0.3) is 5.91 Å². The van der Waals surface area contributed by atoms with Gasteiger partial charge >= 0.3 is 0 Å². The Labute approximate surface area is 209 Å². The topological polar surface area (TPSA) is 88.2 Å². The lowest BCUT2D eigenvalue weighted by atomic mass is 10.1. The van der Waals surface area contributed by atoms with E-state index < -0.39 is 28.1 Å². The van der Waals surface area contributed by atoms with Gasteiger partial charge in [-0.25, -0.2) is 18.7 Å². The van der Waals surface area contributed by atoms with Crippen LogP contribution in [0.25, 0.3) is 0 Å². The molecule has 192 valence electrons. The van der Waals surface area contributed by atoms with Gasteiger partial charge in [-0.3, -0.25) is 4.79 Å². The Kier molecular flexibility index (Phi) is 10.7. The maximum Gasteiger partial charge on any atom is 0.251 e. The molecule has 0 spiro atoms. The number of carbonyl (C=O) groups is 1. The predicted molar refractivity (Wildman–Crippen MR) is 136 cm³/mol. The molecule has 1 N–H and O–H groups in total. The molecule has 2 heterocycles. The summed E-state index contributed by atoms with van der Waals surface area (Å²) in [5.74, 6) is -1.46. The maximum atomic E-state index is 13.6. The number of hydrogen-bond donors (Lipinski definition) is 1. The van der Waals surface area contributed by atoms with Crippen molar-refractivity contribution in [1.82, 2.24) is 14.7 Å². The van der Waals surface area contributed by atoms with Crippen molar-refractivity contribution in [3.63, 3.8) is 0 Å². The van der Waals surface area contributed by atoms with Crippen LogP contribution in [0, 0.1) is 5.92 Å². The van der Waals surface area contributed by atoms with Crippen LogP contribution >= 0.6 is 0 Å². The number of nitrogens with zero attached hydrogens (tertiary/aromatic N) is 2. The number of rotatable bonds is 11. The monoisotopic (exact) mass is 503 g/mol. The second-order valence-corrected chi connectivity index (χ2v) is 10.7. The number of amides is 1. The molecule has 1 aromatic rings. The number of carbonyl (C=O) groups excluding carboxylic acids is 1. The largest absolute Gasteiger partial charge is 0.350 e. The van der Waals surface area contributed by atoms with E-state index in [1.54, 1.807) is 25.2 Å². The molecule has 2 unspecified atom stereocenters. The fourth-order valence-electron chi connectivity index (χ4n) is 4.10. The molecular weight excluding hydrogens is 466 g/mol. The minimum absolute atomic E-state index is 0.0269. The molecule has 0 aliphatic carbocycles. The van der Waals surface area contributed by atoms with Gasteiger partial charge in [-0.15, -0.1) is 0 Å². The molecule has 2 aliphatic heterocycles. The van der Waals surface area contributed by atoms with E-state index in [1.165, 1.54) is 15.9 Å². The van der Waals surface area contributed by atoms with Crippen molar-refractivity contribution in [1.29, 1.82) is 0 Å². The SMILES string of the molecule is C=C/C=C\C=C(/C(C)C(=O)NOC1CCCCO1)S(=O)(=O)N1CCN(CCc2ccccc2)CC1. The molecule has 0 radical (unpaired) electrons. The second-order valence-electron chi connectivity index (χ2n) is 8.77. The van der Waals surface area contributed by atoms with Crippen molar-refractivity contribution in [3.05, 3.63) is 71.7 Å². The lowest BCUT2D eigenvalue weighted by Gasteiger charge is -2.35. The molecular formula is C26H37N3O5S. The van der Waals surface area contributed by atoms with E-state index in [0.717, 1.165) is 25.8 Å². The molecule has 35 heavy (non-hydrogen) atoms. The number of hydrogen-bond acceptors (Lipinski definition) is 6. The number of ether oxygens (including phenoxy) is 1. The zero-order chi connectivity index (χ0) is 25.1. The van der Waals surface area contributed by atoms with E-state index >= 15 is 0 Å². The van der Waals surface area contributed by atoms with Gasteiger partial charge in [0.05, 0.1) is 10.8 Å². The third-order valence-electron chi connectivity index (χ3n) is 6.29. The van der Waals surface area contributed by atoms with Crippen molar-refractivity contribution in [2.75, 3.05) is 39.3 Å². The van der Waals surface area contributed by atoms with E-state index in [-0.39, 0.29) is 4.91 Å². The van der Waals surface area contributed by atoms with Gasteiger partial charge in [0.1, 0.15) is 0 Å². The Hall–Kier alpha value is -2.30. The number of allylic oxidation sites excluding steroid dienone is 4. The molecule has 0 bridgehead atoms. The Morgan fingerprint density at radius 3 is 2.60 bits per heavy atom. The molecule has 1 aromatic carbocycles. The highest BCUT2D eigenvalue weighted by molar-refractivity contribution is 7.93. The van der Waals surface area contributed by atoms with Crippen molar-refractivity contribution in [2.45, 2.75) is 38.9 Å². The van der Waals surface area contributed by atoms with Gasteiger partial charge in [-0.1, -0.05) is 55.1 Å². The minimum atomic E-state index is -3.85. The smallest absolute Gasteiger partial charge is 0.251 e. The fourth-order valence-corrected chi connectivity index (χ4v) is 5.85. The number of sulfonamides is 1. The summed E-state index contributed by atoms with van der Waals surface area (Å²) >= 11 is 0. The average Bonchev–Trinajstić information content (AvgIpc) is 2.89. The summed E-state index contributed by atoms with van der Waals surface area (Å²) in [6.07, 6.45) is 9.27. The van der Waals surface area contributed by atoms with Crippen LogP contribution in [0.3, 0.4) is 0 Å². The van der Waals surface area contributed by atoms with Crippen molar-refractivity contribution < 1.29 is 22.8 Å². The molecule has 2 fully saturated rings. The first-order valence-electron chi connectivity index (χ1n) is 12.2. The summed E-state index contributed by atoms with van der Waals surface area (Å²) in [6.45, 7) is 8.69. The van der Waals surface area contributed by atoms with Crippen LogP contribution in [0.5, 0.6) is 0 Å². The third kappa shape index (κ3) is 8.12. The Morgan fingerprint density at radius 1 is 1.20 bits per heavy atom. The first-order valence-corrected chi connectivity index (χ1v) is 13.7. The quantitative estimate of drug-likeness (QED) is 0.369. The molecule has 9 heteroatoms. The van der Waals surface area contributed by atoms with Crippen LogP contribution in [0.2, 0.25) is 0 Å². The lowest BCUT2D eigenvalue weighted by Crippen LogP contribution is -2.50. The van der Waals surface area contributed by atoms with Crippen LogP contribution in [0.15, 0.2) is 66.1 Å². The zero-order valence-electron chi connectivity index (χ0n) is 20.5. The summed E-state index contributed by atoms with van der Waals surface area (Å²) in [5.41, 5.74) is 3.66. The van der Waals surface area contributed by atoms with E-state index in [0.29, 0.717) is 39.2 Å². The summed E-state index contributed by atoms with van der Waals surface area (Å²) < 4.78 is 34.0. The zero-order valence-corrected chi connectivity index (χ0v) is 21.3. The van der Waals surface area contributed by atoms with Crippen molar-refractivity contribution in [3.8, 4) is 0 Å². The highest BCUT2D eigenvalue weighted by Crippen LogP contribution is 2.24. The van der Waals surface area contributed by atoms with E-state index in [2.05, 4.69) is 29.1 Å². The van der Waals surface area contributed by atoms with Crippen molar-refractivity contribution in [2.24, 2.45) is 5.92 Å². The Balaban J connectivity index is 1.61. The Bertz CT molecular complexity index is 979. The normalized spacial score (nSPS) is 21.6. The van der Waals surface area contributed by atoms with Crippen LogP contribution < -0.4 is 5.48 Å². The van der Waals surface area contributed by atoms with Crippen LogP contribution in [0.1, 0.15) is 31.7 Å². The van der Waals surface area contributed by atoms with Crippen molar-refractivity contribution >= 4 is 15.9 Å². The summed E-state index contributed by atoms with van der Waals surface area (Å²) in [4.78, 5) is 20.5. The van der Waals surface area contributed by atoms with Crippen LogP contribution in [-0.4, -0.2) is 69.2 Å². The summed E-state index contributed by atoms with van der Waals surface area (Å²) in [5, 5.41) is 0. The van der Waals surface area contributed by atoms with E-state index in [4.69, 9.17) is 9.57 Å². The number of benzene rings is 1. The first-order chi connectivity index (χ1) is 16.9.